The van der Waals surface area contributed by atoms with Gasteiger partial charge in [-0.05, 0) is 89.5 Å². The van der Waals surface area contributed by atoms with Crippen LogP contribution in [0.25, 0.3) is 35.4 Å². The third-order valence-corrected chi connectivity index (χ3v) is 7.72. The Morgan fingerprint density at radius 3 is 1.96 bits per heavy atom. The van der Waals surface area contributed by atoms with Gasteiger partial charge in [-0.2, -0.15) is 13.2 Å². The van der Waals surface area contributed by atoms with Gasteiger partial charge in [-0.3, -0.25) is 10.1 Å². The second kappa shape index (κ2) is 14.5. The monoisotopic (exact) mass is 617 g/mol. The molecule has 0 aliphatic carbocycles. The third-order valence-electron chi connectivity index (χ3n) is 7.72. The van der Waals surface area contributed by atoms with Gasteiger partial charge in [0.15, 0.2) is 0 Å². The van der Waals surface area contributed by atoms with Gasteiger partial charge in [-0.1, -0.05) is 78.4 Å². The maximum atomic E-state index is 14.3. The highest BCUT2D eigenvalue weighted by Gasteiger charge is 2.32. The first kappa shape index (κ1) is 33.4. The summed E-state index contributed by atoms with van der Waals surface area (Å²) in [6.45, 7) is 5.35. The Hall–Kier alpha value is -4.53. The number of methoxy groups -OCH3 is 1. The predicted molar refractivity (Wildman–Crippen MR) is 172 cm³/mol. The van der Waals surface area contributed by atoms with Crippen molar-refractivity contribution in [2.75, 3.05) is 13.7 Å². The Morgan fingerprint density at radius 2 is 1.40 bits per heavy atom. The Bertz CT molecular complexity index is 1740. The van der Waals surface area contributed by atoms with Crippen LogP contribution in [-0.2, 0) is 22.3 Å². The quantitative estimate of drug-likeness (QED) is 0.107. The van der Waals surface area contributed by atoms with Crippen LogP contribution in [0.1, 0.15) is 50.1 Å². The van der Waals surface area contributed by atoms with Crippen molar-refractivity contribution in [3.63, 3.8) is 0 Å². The van der Waals surface area contributed by atoms with Crippen molar-refractivity contribution in [3.8, 4) is 11.1 Å². The average Bonchev–Trinajstić information content (AvgIpc) is 3.01. The van der Waals surface area contributed by atoms with Crippen molar-refractivity contribution >= 4 is 30.3 Å². The number of esters is 1. The summed E-state index contributed by atoms with van der Waals surface area (Å²) < 4.78 is 60.7. The standard InChI is InChI=1S/C37H35F4NO3/c1-23-11-18-34(38)30(19-23)16-14-28-8-6-10-32(25(28)3)31-9-5-7-27(24(31)2)13-15-29-20-26(12-17-33(29)37(39,40)41)21-42-35(22-43)36(44)45-4/h5-20,35,42-43H,21-22H2,1-4H3/b15-13+,16-14+. The molecule has 0 amide bonds. The maximum Gasteiger partial charge on any atom is 0.416 e. The summed E-state index contributed by atoms with van der Waals surface area (Å²) in [5.74, 6) is -0.969. The van der Waals surface area contributed by atoms with E-state index in [2.05, 4.69) is 10.1 Å². The van der Waals surface area contributed by atoms with Crippen LogP contribution >= 0.6 is 0 Å². The molecule has 1 atom stereocenters. The van der Waals surface area contributed by atoms with Gasteiger partial charge < -0.3 is 9.84 Å². The largest absolute Gasteiger partial charge is 0.468 e. The van der Waals surface area contributed by atoms with Crippen molar-refractivity contribution < 1.29 is 32.2 Å². The lowest BCUT2D eigenvalue weighted by Gasteiger charge is -2.16. The second-order valence-corrected chi connectivity index (χ2v) is 10.8. The van der Waals surface area contributed by atoms with Crippen molar-refractivity contribution in [2.24, 2.45) is 0 Å². The van der Waals surface area contributed by atoms with Crippen LogP contribution in [-0.4, -0.2) is 30.8 Å². The van der Waals surface area contributed by atoms with Gasteiger partial charge in [0, 0.05) is 12.1 Å². The van der Waals surface area contributed by atoms with Crippen molar-refractivity contribution in [1.29, 1.82) is 0 Å². The van der Waals surface area contributed by atoms with Gasteiger partial charge in [0.1, 0.15) is 11.9 Å². The van der Waals surface area contributed by atoms with Crippen LogP contribution < -0.4 is 5.32 Å². The molecule has 0 saturated carbocycles. The second-order valence-electron chi connectivity index (χ2n) is 10.8. The molecule has 4 rings (SSSR count). The minimum absolute atomic E-state index is 0.0306. The average molecular weight is 618 g/mol. The van der Waals surface area contributed by atoms with E-state index < -0.39 is 30.4 Å². The zero-order chi connectivity index (χ0) is 32.7. The number of ether oxygens (including phenoxy) is 1. The van der Waals surface area contributed by atoms with Crippen LogP contribution in [0, 0.1) is 26.6 Å². The summed E-state index contributed by atoms with van der Waals surface area (Å²) in [5.41, 5.74) is 6.57. The summed E-state index contributed by atoms with van der Waals surface area (Å²) in [5, 5.41) is 12.2. The first-order valence-electron chi connectivity index (χ1n) is 14.4. The number of halogens is 4. The summed E-state index contributed by atoms with van der Waals surface area (Å²) >= 11 is 0. The van der Waals surface area contributed by atoms with E-state index in [1.165, 1.54) is 31.4 Å². The number of alkyl halides is 3. The van der Waals surface area contributed by atoms with Gasteiger partial charge >= 0.3 is 12.1 Å². The molecule has 4 aromatic rings. The highest BCUT2D eigenvalue weighted by molar-refractivity contribution is 5.82. The highest BCUT2D eigenvalue weighted by Crippen LogP contribution is 2.35. The molecule has 4 aromatic carbocycles. The van der Waals surface area contributed by atoms with Gasteiger partial charge in [0.25, 0.3) is 0 Å². The van der Waals surface area contributed by atoms with Crippen LogP contribution in [0.4, 0.5) is 17.6 Å². The minimum Gasteiger partial charge on any atom is -0.468 e. The Kier molecular flexibility index (Phi) is 10.8. The highest BCUT2D eigenvalue weighted by atomic mass is 19.4. The smallest absolute Gasteiger partial charge is 0.416 e. The molecule has 234 valence electrons. The summed E-state index contributed by atoms with van der Waals surface area (Å²) in [6.07, 6.45) is 2.15. The van der Waals surface area contributed by atoms with Gasteiger partial charge in [0.05, 0.1) is 19.3 Å². The lowest BCUT2D eigenvalue weighted by molar-refractivity contribution is -0.144. The number of aliphatic hydroxyl groups excluding tert-OH is 1. The molecule has 2 N–H and O–H groups in total. The number of aryl methyl sites for hydroxylation is 1. The zero-order valence-electron chi connectivity index (χ0n) is 25.5. The molecule has 0 aliphatic heterocycles. The van der Waals surface area contributed by atoms with E-state index >= 15 is 0 Å². The molecule has 1 unspecified atom stereocenters. The van der Waals surface area contributed by atoms with Crippen molar-refractivity contribution in [3.05, 3.63) is 129 Å². The Labute approximate surface area is 260 Å². The van der Waals surface area contributed by atoms with Crippen LogP contribution in [0.15, 0.2) is 72.8 Å². The molecule has 0 spiro atoms. The molecule has 45 heavy (non-hydrogen) atoms. The number of hydrogen-bond donors (Lipinski definition) is 2. The fraction of sp³-hybridized carbons (Fsp3) is 0.216. The van der Waals surface area contributed by atoms with E-state index in [1.54, 1.807) is 24.3 Å². The van der Waals surface area contributed by atoms with E-state index in [0.717, 1.165) is 45.0 Å². The summed E-state index contributed by atoms with van der Waals surface area (Å²) in [6, 6.07) is 19.3. The molecule has 0 radical (unpaired) electrons. The van der Waals surface area contributed by atoms with E-state index in [0.29, 0.717) is 11.1 Å². The van der Waals surface area contributed by atoms with E-state index in [1.807, 2.05) is 63.2 Å². The lowest BCUT2D eigenvalue weighted by Crippen LogP contribution is -2.40. The predicted octanol–water partition coefficient (Wildman–Crippen LogP) is 8.40. The first-order valence-corrected chi connectivity index (χ1v) is 14.4. The normalized spacial score (nSPS) is 12.6. The number of benzene rings is 4. The van der Waals surface area contributed by atoms with Crippen LogP contribution in [0.2, 0.25) is 0 Å². The van der Waals surface area contributed by atoms with Gasteiger partial charge in [-0.25, -0.2) is 4.39 Å². The lowest BCUT2D eigenvalue weighted by atomic mass is 9.91. The molecule has 8 heteroatoms. The summed E-state index contributed by atoms with van der Waals surface area (Å²) in [7, 11) is 1.19. The number of aliphatic hydroxyl groups is 1. The maximum absolute atomic E-state index is 14.3. The van der Waals surface area contributed by atoms with E-state index in [4.69, 9.17) is 0 Å². The number of hydrogen-bond acceptors (Lipinski definition) is 4. The van der Waals surface area contributed by atoms with Crippen molar-refractivity contribution in [2.45, 2.75) is 39.5 Å². The van der Waals surface area contributed by atoms with Crippen LogP contribution in [0.5, 0.6) is 0 Å². The number of nitrogens with one attached hydrogen (secondary N) is 1. The SMILES string of the molecule is COC(=O)C(CO)NCc1ccc(C(F)(F)F)c(/C=C/c2cccc(-c3cccc(/C=C/c4cc(C)ccc4F)c3C)c2C)c1. The molecular formula is C37H35F4NO3. The molecule has 0 fully saturated rings. The Balaban J connectivity index is 1.65. The molecule has 0 bridgehead atoms. The van der Waals surface area contributed by atoms with Crippen LogP contribution in [0.3, 0.4) is 0 Å². The van der Waals surface area contributed by atoms with Gasteiger partial charge in [-0.15, -0.1) is 0 Å². The molecule has 0 saturated heterocycles. The van der Waals surface area contributed by atoms with Crippen molar-refractivity contribution in [1.82, 2.24) is 5.32 Å². The zero-order valence-corrected chi connectivity index (χ0v) is 25.5. The number of carbonyl (C=O) groups excluding carboxylic acids is 1. The fourth-order valence-corrected chi connectivity index (χ4v) is 5.13. The molecule has 0 heterocycles. The molecule has 4 nitrogen and oxygen atoms in total. The Morgan fingerprint density at radius 1 is 0.822 bits per heavy atom. The number of rotatable bonds is 10. The topological polar surface area (TPSA) is 58.6 Å². The van der Waals surface area contributed by atoms with Gasteiger partial charge in [0.2, 0.25) is 0 Å². The molecule has 0 aromatic heterocycles. The summed E-state index contributed by atoms with van der Waals surface area (Å²) in [4.78, 5) is 11.8. The minimum atomic E-state index is -4.57. The van der Waals surface area contributed by atoms with E-state index in [-0.39, 0.29) is 17.9 Å². The molecular weight excluding hydrogens is 582 g/mol. The first-order chi connectivity index (χ1) is 21.4. The third kappa shape index (κ3) is 8.15. The fourth-order valence-electron chi connectivity index (χ4n) is 5.13. The number of carbonyl (C=O) groups is 1. The molecule has 0 aliphatic rings. The van der Waals surface area contributed by atoms with E-state index in [9.17, 15) is 27.5 Å².